The van der Waals surface area contributed by atoms with Crippen molar-refractivity contribution in [2.45, 2.75) is 37.0 Å². The van der Waals surface area contributed by atoms with Gasteiger partial charge in [-0.05, 0) is 49.9 Å². The van der Waals surface area contributed by atoms with Crippen LogP contribution in [0.3, 0.4) is 0 Å². The van der Waals surface area contributed by atoms with Crippen LogP contribution < -0.4 is 11.1 Å². The van der Waals surface area contributed by atoms with Gasteiger partial charge in [-0.15, -0.1) is 0 Å². The SMILES string of the molecule is Cc1cc(F)cc(NC2(C(N)=O)CCCC2S(C)(=O)=O)c1. The van der Waals surface area contributed by atoms with Crippen LogP contribution in [0.1, 0.15) is 24.8 Å². The highest BCUT2D eigenvalue weighted by molar-refractivity contribution is 7.91. The van der Waals surface area contributed by atoms with Gasteiger partial charge in [0.1, 0.15) is 11.4 Å². The lowest BCUT2D eigenvalue weighted by Crippen LogP contribution is -2.58. The van der Waals surface area contributed by atoms with Gasteiger partial charge in [-0.2, -0.15) is 0 Å². The summed E-state index contributed by atoms with van der Waals surface area (Å²) in [5.41, 5.74) is 5.14. The molecule has 2 atom stereocenters. The normalized spacial score (nSPS) is 25.8. The summed E-state index contributed by atoms with van der Waals surface area (Å²) < 4.78 is 37.4. The van der Waals surface area contributed by atoms with Crippen LogP contribution in [0.2, 0.25) is 0 Å². The predicted molar refractivity (Wildman–Crippen MR) is 79.2 cm³/mol. The van der Waals surface area contributed by atoms with E-state index in [0.29, 0.717) is 30.5 Å². The van der Waals surface area contributed by atoms with E-state index in [9.17, 15) is 17.6 Å². The molecule has 1 aromatic carbocycles. The quantitative estimate of drug-likeness (QED) is 0.878. The molecular formula is C14H19FN2O3S. The minimum absolute atomic E-state index is 0.315. The summed E-state index contributed by atoms with van der Waals surface area (Å²) in [5.74, 6) is -1.18. The molecule has 0 bridgehead atoms. The molecule has 21 heavy (non-hydrogen) atoms. The Morgan fingerprint density at radius 1 is 1.43 bits per heavy atom. The van der Waals surface area contributed by atoms with Gasteiger partial charge >= 0.3 is 0 Å². The molecule has 1 aliphatic carbocycles. The molecule has 0 aromatic heterocycles. The summed E-state index contributed by atoms with van der Waals surface area (Å²) in [7, 11) is -3.45. The van der Waals surface area contributed by atoms with Crippen molar-refractivity contribution < 1.29 is 17.6 Å². The van der Waals surface area contributed by atoms with Crippen molar-refractivity contribution in [3.05, 3.63) is 29.6 Å². The van der Waals surface area contributed by atoms with Crippen molar-refractivity contribution >= 4 is 21.4 Å². The maximum absolute atomic E-state index is 13.5. The molecule has 0 spiro atoms. The van der Waals surface area contributed by atoms with E-state index in [1.165, 1.54) is 12.1 Å². The van der Waals surface area contributed by atoms with Gasteiger partial charge in [0, 0.05) is 11.9 Å². The molecule has 3 N–H and O–H groups in total. The molecule has 0 aliphatic heterocycles. The lowest BCUT2D eigenvalue weighted by molar-refractivity contribution is -0.122. The van der Waals surface area contributed by atoms with E-state index in [2.05, 4.69) is 5.32 Å². The molecule has 1 saturated carbocycles. The van der Waals surface area contributed by atoms with Crippen LogP contribution in [0.25, 0.3) is 0 Å². The zero-order chi connectivity index (χ0) is 15.8. The highest BCUT2D eigenvalue weighted by Crippen LogP contribution is 2.37. The number of halogens is 1. The highest BCUT2D eigenvalue weighted by Gasteiger charge is 2.52. The van der Waals surface area contributed by atoms with Crippen LogP contribution in [-0.4, -0.2) is 31.4 Å². The third-order valence-corrected chi connectivity index (χ3v) is 5.62. The topological polar surface area (TPSA) is 89.3 Å². The Labute approximate surface area is 123 Å². The standard InChI is InChI=1S/C14H19FN2O3S/c1-9-6-10(15)8-11(7-9)17-14(13(16)18)5-3-4-12(14)21(2,19)20/h6-8,12,17H,3-5H2,1-2H3,(H2,16,18). The number of hydrogen-bond acceptors (Lipinski definition) is 4. The van der Waals surface area contributed by atoms with Gasteiger partial charge in [-0.25, -0.2) is 12.8 Å². The Kier molecular flexibility index (Phi) is 3.97. The monoisotopic (exact) mass is 314 g/mol. The zero-order valence-electron chi connectivity index (χ0n) is 12.0. The van der Waals surface area contributed by atoms with Crippen molar-refractivity contribution in [1.29, 1.82) is 0 Å². The number of nitrogens with one attached hydrogen (secondary N) is 1. The number of anilines is 1. The lowest BCUT2D eigenvalue weighted by atomic mass is 9.95. The van der Waals surface area contributed by atoms with Gasteiger partial charge in [0.05, 0.1) is 5.25 Å². The van der Waals surface area contributed by atoms with Gasteiger partial charge < -0.3 is 11.1 Å². The Morgan fingerprint density at radius 2 is 2.10 bits per heavy atom. The van der Waals surface area contributed by atoms with E-state index in [0.717, 1.165) is 6.26 Å². The molecule has 0 heterocycles. The molecule has 5 nitrogen and oxygen atoms in total. The average molecular weight is 314 g/mol. The number of nitrogens with two attached hydrogens (primary N) is 1. The number of benzene rings is 1. The Bertz CT molecular complexity index is 655. The first-order valence-corrected chi connectivity index (χ1v) is 8.65. The Balaban J connectivity index is 2.46. The molecule has 1 aromatic rings. The van der Waals surface area contributed by atoms with Crippen LogP contribution in [-0.2, 0) is 14.6 Å². The van der Waals surface area contributed by atoms with Crippen molar-refractivity contribution in [1.82, 2.24) is 0 Å². The number of amides is 1. The van der Waals surface area contributed by atoms with Gasteiger partial charge in [-0.3, -0.25) is 4.79 Å². The third kappa shape index (κ3) is 3.02. The van der Waals surface area contributed by atoms with E-state index >= 15 is 0 Å². The molecule has 1 amide bonds. The fourth-order valence-corrected chi connectivity index (χ4v) is 4.72. The molecule has 7 heteroatoms. The molecule has 116 valence electrons. The first kappa shape index (κ1) is 15.8. The van der Waals surface area contributed by atoms with E-state index in [-0.39, 0.29) is 0 Å². The number of rotatable bonds is 4. The van der Waals surface area contributed by atoms with Crippen LogP contribution in [0.5, 0.6) is 0 Å². The molecular weight excluding hydrogens is 295 g/mol. The molecule has 1 fully saturated rings. The first-order chi connectivity index (χ1) is 9.65. The molecule has 2 unspecified atom stereocenters. The van der Waals surface area contributed by atoms with Crippen molar-refractivity contribution in [3.63, 3.8) is 0 Å². The van der Waals surface area contributed by atoms with Crippen LogP contribution in [0.4, 0.5) is 10.1 Å². The summed E-state index contributed by atoms with van der Waals surface area (Å²) in [6.45, 7) is 1.72. The van der Waals surface area contributed by atoms with E-state index < -0.39 is 32.4 Å². The number of hydrogen-bond donors (Lipinski definition) is 2. The number of sulfone groups is 1. The average Bonchev–Trinajstić information content (AvgIpc) is 2.72. The fourth-order valence-electron chi connectivity index (χ4n) is 3.11. The maximum atomic E-state index is 13.5. The minimum Gasteiger partial charge on any atom is -0.370 e. The summed E-state index contributed by atoms with van der Waals surface area (Å²) in [4.78, 5) is 12.0. The Morgan fingerprint density at radius 3 is 2.62 bits per heavy atom. The summed E-state index contributed by atoms with van der Waals surface area (Å²) in [5, 5.41) is 2.00. The smallest absolute Gasteiger partial charge is 0.244 e. The first-order valence-electron chi connectivity index (χ1n) is 6.69. The Hall–Kier alpha value is -1.63. The number of aryl methyl sites for hydroxylation is 1. The number of carbonyl (C=O) groups excluding carboxylic acids is 1. The molecule has 0 radical (unpaired) electrons. The second kappa shape index (κ2) is 5.29. The largest absolute Gasteiger partial charge is 0.370 e. The lowest BCUT2D eigenvalue weighted by Gasteiger charge is -2.33. The van der Waals surface area contributed by atoms with Crippen LogP contribution in [0, 0.1) is 12.7 Å². The van der Waals surface area contributed by atoms with Gasteiger partial charge in [-0.1, -0.05) is 0 Å². The second-order valence-electron chi connectivity index (χ2n) is 5.69. The van der Waals surface area contributed by atoms with Crippen molar-refractivity contribution in [2.24, 2.45) is 5.73 Å². The molecule has 2 rings (SSSR count). The second-order valence-corrected chi connectivity index (χ2v) is 7.92. The predicted octanol–water partition coefficient (Wildman–Crippen LogP) is 1.37. The summed E-state index contributed by atoms with van der Waals surface area (Å²) >= 11 is 0. The zero-order valence-corrected chi connectivity index (χ0v) is 12.8. The van der Waals surface area contributed by atoms with Crippen LogP contribution >= 0.6 is 0 Å². The summed E-state index contributed by atoms with van der Waals surface area (Å²) in [6.07, 6.45) is 2.35. The van der Waals surface area contributed by atoms with Gasteiger partial charge in [0.2, 0.25) is 5.91 Å². The van der Waals surface area contributed by atoms with Gasteiger partial charge in [0.15, 0.2) is 9.84 Å². The molecule has 1 aliphatic rings. The number of carbonyl (C=O) groups is 1. The minimum atomic E-state index is -3.45. The fraction of sp³-hybridized carbons (Fsp3) is 0.500. The van der Waals surface area contributed by atoms with Crippen LogP contribution in [0.15, 0.2) is 18.2 Å². The highest BCUT2D eigenvalue weighted by atomic mass is 32.2. The third-order valence-electron chi connectivity index (χ3n) is 3.95. The van der Waals surface area contributed by atoms with E-state index in [1.54, 1.807) is 13.0 Å². The van der Waals surface area contributed by atoms with E-state index in [1.807, 2.05) is 0 Å². The van der Waals surface area contributed by atoms with Gasteiger partial charge in [0.25, 0.3) is 0 Å². The summed E-state index contributed by atoms with van der Waals surface area (Å²) in [6, 6.07) is 4.24. The van der Waals surface area contributed by atoms with Crippen molar-refractivity contribution in [3.8, 4) is 0 Å². The molecule has 0 saturated heterocycles. The van der Waals surface area contributed by atoms with E-state index in [4.69, 9.17) is 5.73 Å². The maximum Gasteiger partial charge on any atom is 0.244 e. The number of primary amides is 1. The van der Waals surface area contributed by atoms with Crippen molar-refractivity contribution in [2.75, 3.05) is 11.6 Å².